The molecule has 2 N–H and O–H groups in total. The Balaban J connectivity index is 1.99. The van der Waals surface area contributed by atoms with Crippen molar-refractivity contribution in [3.63, 3.8) is 0 Å². The SMILES string of the molecule is COc1ccc(CNc2ccc(C(=O)NC(C)(C)C)cn2)cc1OC. The molecule has 6 nitrogen and oxygen atoms in total. The largest absolute Gasteiger partial charge is 0.493 e. The predicted molar refractivity (Wildman–Crippen MR) is 98.3 cm³/mol. The molecule has 0 saturated heterocycles. The molecule has 1 amide bonds. The van der Waals surface area contributed by atoms with Gasteiger partial charge in [-0.05, 0) is 50.6 Å². The Kier molecular flexibility index (Phi) is 5.85. The molecule has 0 fully saturated rings. The fourth-order valence-corrected chi connectivity index (χ4v) is 2.23. The van der Waals surface area contributed by atoms with E-state index in [1.807, 2.05) is 39.0 Å². The highest BCUT2D eigenvalue weighted by Crippen LogP contribution is 2.27. The Morgan fingerprint density at radius 3 is 2.36 bits per heavy atom. The second-order valence-electron chi connectivity index (χ2n) is 6.68. The Hall–Kier alpha value is -2.76. The Bertz CT molecular complexity index is 722. The minimum Gasteiger partial charge on any atom is -0.493 e. The average Bonchev–Trinajstić information content (AvgIpc) is 2.58. The number of nitrogens with one attached hydrogen (secondary N) is 2. The molecule has 1 aromatic heterocycles. The molecular weight excluding hydrogens is 318 g/mol. The number of rotatable bonds is 6. The molecule has 2 rings (SSSR count). The van der Waals surface area contributed by atoms with Crippen LogP contribution in [0.3, 0.4) is 0 Å². The van der Waals surface area contributed by atoms with Crippen molar-refractivity contribution in [3.8, 4) is 11.5 Å². The van der Waals surface area contributed by atoms with E-state index >= 15 is 0 Å². The number of benzene rings is 1. The zero-order chi connectivity index (χ0) is 18.4. The van der Waals surface area contributed by atoms with Gasteiger partial charge in [-0.3, -0.25) is 4.79 Å². The van der Waals surface area contributed by atoms with Gasteiger partial charge in [0, 0.05) is 18.3 Å². The fourth-order valence-electron chi connectivity index (χ4n) is 2.23. The van der Waals surface area contributed by atoms with E-state index in [2.05, 4.69) is 15.6 Å². The fraction of sp³-hybridized carbons (Fsp3) is 0.368. The molecule has 0 aliphatic heterocycles. The molecule has 0 spiro atoms. The summed E-state index contributed by atoms with van der Waals surface area (Å²) in [6, 6.07) is 9.28. The van der Waals surface area contributed by atoms with Gasteiger partial charge in [0.05, 0.1) is 19.8 Å². The highest BCUT2D eigenvalue weighted by Gasteiger charge is 2.15. The van der Waals surface area contributed by atoms with Gasteiger partial charge in [0.1, 0.15) is 5.82 Å². The number of carbonyl (C=O) groups excluding carboxylic acids is 1. The van der Waals surface area contributed by atoms with Crippen LogP contribution in [-0.4, -0.2) is 30.6 Å². The normalized spacial score (nSPS) is 10.9. The van der Waals surface area contributed by atoms with Crippen molar-refractivity contribution in [2.75, 3.05) is 19.5 Å². The zero-order valence-electron chi connectivity index (χ0n) is 15.3. The van der Waals surface area contributed by atoms with E-state index in [4.69, 9.17) is 9.47 Å². The number of carbonyl (C=O) groups is 1. The number of amides is 1. The predicted octanol–water partition coefficient (Wildman–Crippen LogP) is 3.24. The summed E-state index contributed by atoms with van der Waals surface area (Å²) in [7, 11) is 3.22. The summed E-state index contributed by atoms with van der Waals surface area (Å²) in [5.74, 6) is 1.94. The Morgan fingerprint density at radius 2 is 1.80 bits per heavy atom. The third-order valence-electron chi connectivity index (χ3n) is 3.44. The van der Waals surface area contributed by atoms with E-state index in [-0.39, 0.29) is 11.4 Å². The topological polar surface area (TPSA) is 72.5 Å². The lowest BCUT2D eigenvalue weighted by Crippen LogP contribution is -2.40. The van der Waals surface area contributed by atoms with E-state index < -0.39 is 0 Å². The molecule has 0 aliphatic rings. The first-order valence-electron chi connectivity index (χ1n) is 8.06. The second-order valence-corrected chi connectivity index (χ2v) is 6.68. The first-order valence-corrected chi connectivity index (χ1v) is 8.06. The monoisotopic (exact) mass is 343 g/mol. The molecule has 0 atom stereocenters. The average molecular weight is 343 g/mol. The van der Waals surface area contributed by atoms with Gasteiger partial charge in [-0.25, -0.2) is 4.98 Å². The summed E-state index contributed by atoms with van der Waals surface area (Å²) < 4.78 is 10.5. The first-order chi connectivity index (χ1) is 11.8. The van der Waals surface area contributed by atoms with E-state index in [1.54, 1.807) is 32.5 Å². The van der Waals surface area contributed by atoms with Crippen molar-refractivity contribution in [2.24, 2.45) is 0 Å². The zero-order valence-corrected chi connectivity index (χ0v) is 15.3. The second kappa shape index (κ2) is 7.88. The van der Waals surface area contributed by atoms with Gasteiger partial charge in [-0.2, -0.15) is 0 Å². The van der Waals surface area contributed by atoms with Gasteiger partial charge in [0.2, 0.25) is 0 Å². The minimum absolute atomic E-state index is 0.133. The molecule has 6 heteroatoms. The van der Waals surface area contributed by atoms with Crippen LogP contribution in [0.15, 0.2) is 36.5 Å². The van der Waals surface area contributed by atoms with Crippen molar-refractivity contribution in [3.05, 3.63) is 47.7 Å². The lowest BCUT2D eigenvalue weighted by atomic mass is 10.1. The van der Waals surface area contributed by atoms with E-state index in [0.717, 1.165) is 5.56 Å². The molecule has 0 radical (unpaired) electrons. The lowest BCUT2D eigenvalue weighted by molar-refractivity contribution is 0.0919. The van der Waals surface area contributed by atoms with Crippen LogP contribution in [0.5, 0.6) is 11.5 Å². The van der Waals surface area contributed by atoms with Gasteiger partial charge in [0.15, 0.2) is 11.5 Å². The summed E-state index contributed by atoms with van der Waals surface area (Å²) in [4.78, 5) is 16.4. The number of methoxy groups -OCH3 is 2. The highest BCUT2D eigenvalue weighted by molar-refractivity contribution is 5.94. The number of nitrogens with zero attached hydrogens (tertiary/aromatic N) is 1. The van der Waals surface area contributed by atoms with Gasteiger partial charge >= 0.3 is 0 Å². The smallest absolute Gasteiger partial charge is 0.253 e. The molecule has 2 aromatic rings. The van der Waals surface area contributed by atoms with Gasteiger partial charge < -0.3 is 20.1 Å². The third-order valence-corrected chi connectivity index (χ3v) is 3.44. The standard InChI is InChI=1S/C19H25N3O3/c1-19(2,3)22-18(23)14-7-9-17(21-12-14)20-11-13-6-8-15(24-4)16(10-13)25-5/h6-10,12H,11H2,1-5H3,(H,20,21)(H,22,23). The lowest BCUT2D eigenvalue weighted by Gasteiger charge is -2.20. The van der Waals surface area contributed by atoms with Gasteiger partial charge in [-0.1, -0.05) is 6.07 Å². The molecule has 0 bridgehead atoms. The Labute approximate surface area is 148 Å². The van der Waals surface area contributed by atoms with Crippen molar-refractivity contribution < 1.29 is 14.3 Å². The highest BCUT2D eigenvalue weighted by atomic mass is 16.5. The first kappa shape index (κ1) is 18.6. The van der Waals surface area contributed by atoms with Crippen molar-refractivity contribution in [1.29, 1.82) is 0 Å². The maximum Gasteiger partial charge on any atom is 0.253 e. The van der Waals surface area contributed by atoms with E-state index in [0.29, 0.717) is 29.4 Å². The van der Waals surface area contributed by atoms with Gasteiger partial charge in [-0.15, -0.1) is 0 Å². The molecule has 1 aromatic carbocycles. The minimum atomic E-state index is -0.276. The van der Waals surface area contributed by atoms with Crippen molar-refractivity contribution in [1.82, 2.24) is 10.3 Å². The summed E-state index contributed by atoms with van der Waals surface area (Å²) in [5, 5.41) is 6.14. The summed E-state index contributed by atoms with van der Waals surface area (Å²) in [5.41, 5.74) is 1.29. The van der Waals surface area contributed by atoms with Crippen LogP contribution in [-0.2, 0) is 6.54 Å². The van der Waals surface area contributed by atoms with Crippen LogP contribution in [0.2, 0.25) is 0 Å². The maximum atomic E-state index is 12.1. The Morgan fingerprint density at radius 1 is 1.08 bits per heavy atom. The quantitative estimate of drug-likeness (QED) is 0.842. The molecular formula is C19H25N3O3. The van der Waals surface area contributed by atoms with Crippen molar-refractivity contribution >= 4 is 11.7 Å². The van der Waals surface area contributed by atoms with Crippen LogP contribution in [0.4, 0.5) is 5.82 Å². The molecule has 1 heterocycles. The van der Waals surface area contributed by atoms with Crippen LogP contribution in [0.25, 0.3) is 0 Å². The van der Waals surface area contributed by atoms with E-state index in [9.17, 15) is 4.79 Å². The van der Waals surface area contributed by atoms with Gasteiger partial charge in [0.25, 0.3) is 5.91 Å². The molecule has 0 aliphatic carbocycles. The van der Waals surface area contributed by atoms with E-state index in [1.165, 1.54) is 0 Å². The van der Waals surface area contributed by atoms with Crippen LogP contribution in [0, 0.1) is 0 Å². The van der Waals surface area contributed by atoms with Crippen LogP contribution < -0.4 is 20.1 Å². The number of aromatic nitrogens is 1. The third kappa shape index (κ3) is 5.38. The number of anilines is 1. The number of ether oxygens (including phenoxy) is 2. The summed E-state index contributed by atoms with van der Waals surface area (Å²) >= 11 is 0. The number of pyridine rings is 1. The van der Waals surface area contributed by atoms with Crippen LogP contribution >= 0.6 is 0 Å². The summed E-state index contributed by atoms with van der Waals surface area (Å²) in [6.07, 6.45) is 1.57. The van der Waals surface area contributed by atoms with Crippen LogP contribution in [0.1, 0.15) is 36.7 Å². The maximum absolute atomic E-state index is 12.1. The molecule has 0 unspecified atom stereocenters. The number of hydrogen-bond donors (Lipinski definition) is 2. The molecule has 0 saturated carbocycles. The van der Waals surface area contributed by atoms with Crippen molar-refractivity contribution in [2.45, 2.75) is 32.9 Å². The molecule has 134 valence electrons. The summed E-state index contributed by atoms with van der Waals surface area (Å²) in [6.45, 7) is 6.41. The molecule has 25 heavy (non-hydrogen) atoms. The number of hydrogen-bond acceptors (Lipinski definition) is 5.